The lowest BCUT2D eigenvalue weighted by molar-refractivity contribution is 0.303. The van der Waals surface area contributed by atoms with E-state index in [1.165, 1.54) is 5.56 Å². The standard InChI is InChI=1S/C11H22N4/c1-11(2,3)12-5-6-15(4)9-10-7-13-14-8-10/h7-8,12H,5-6,9H2,1-4H3,(H,13,14). The first-order valence-corrected chi connectivity index (χ1v) is 5.38. The van der Waals surface area contributed by atoms with Crippen LogP contribution in [0.4, 0.5) is 0 Å². The lowest BCUT2D eigenvalue weighted by Crippen LogP contribution is -2.40. The second-order valence-electron chi connectivity index (χ2n) is 5.02. The van der Waals surface area contributed by atoms with Crippen molar-refractivity contribution in [3.63, 3.8) is 0 Å². The van der Waals surface area contributed by atoms with Crippen LogP contribution in [0.5, 0.6) is 0 Å². The van der Waals surface area contributed by atoms with Gasteiger partial charge in [0.15, 0.2) is 0 Å². The van der Waals surface area contributed by atoms with E-state index in [-0.39, 0.29) is 5.54 Å². The molecule has 0 aliphatic carbocycles. The Morgan fingerprint density at radius 2 is 2.20 bits per heavy atom. The molecule has 0 radical (unpaired) electrons. The summed E-state index contributed by atoms with van der Waals surface area (Å²) in [4.78, 5) is 2.28. The molecule has 0 fully saturated rings. The first kappa shape index (κ1) is 12.2. The molecule has 4 nitrogen and oxygen atoms in total. The highest BCUT2D eigenvalue weighted by atomic mass is 15.1. The molecule has 0 saturated heterocycles. The fraction of sp³-hybridized carbons (Fsp3) is 0.727. The van der Waals surface area contributed by atoms with Gasteiger partial charge in [0.25, 0.3) is 0 Å². The second-order valence-corrected chi connectivity index (χ2v) is 5.02. The number of hydrogen-bond donors (Lipinski definition) is 2. The fourth-order valence-corrected chi connectivity index (χ4v) is 1.38. The van der Waals surface area contributed by atoms with Crippen molar-refractivity contribution in [1.29, 1.82) is 0 Å². The van der Waals surface area contributed by atoms with Gasteiger partial charge < -0.3 is 10.2 Å². The van der Waals surface area contributed by atoms with Crippen LogP contribution in [0.3, 0.4) is 0 Å². The maximum absolute atomic E-state index is 3.93. The van der Waals surface area contributed by atoms with Crippen LogP contribution in [0.25, 0.3) is 0 Å². The minimum absolute atomic E-state index is 0.205. The highest BCUT2D eigenvalue weighted by Crippen LogP contribution is 2.00. The zero-order valence-electron chi connectivity index (χ0n) is 10.2. The molecule has 0 aromatic carbocycles. The molecule has 0 saturated carbocycles. The Morgan fingerprint density at radius 1 is 1.47 bits per heavy atom. The molecule has 1 aromatic rings. The minimum atomic E-state index is 0.205. The van der Waals surface area contributed by atoms with Gasteiger partial charge in [0, 0.05) is 36.9 Å². The van der Waals surface area contributed by atoms with Crippen molar-refractivity contribution in [2.75, 3.05) is 20.1 Å². The molecular formula is C11H22N4. The van der Waals surface area contributed by atoms with Crippen LogP contribution in [0.2, 0.25) is 0 Å². The van der Waals surface area contributed by atoms with Crippen molar-refractivity contribution in [2.45, 2.75) is 32.9 Å². The summed E-state index contributed by atoms with van der Waals surface area (Å²) >= 11 is 0. The van der Waals surface area contributed by atoms with E-state index < -0.39 is 0 Å². The molecule has 0 aliphatic heterocycles. The fourth-order valence-electron chi connectivity index (χ4n) is 1.38. The SMILES string of the molecule is CN(CCNC(C)(C)C)Cc1cn[nH]c1. The molecule has 86 valence electrons. The van der Waals surface area contributed by atoms with Gasteiger partial charge in [-0.25, -0.2) is 0 Å². The maximum atomic E-state index is 3.93. The van der Waals surface area contributed by atoms with Crippen molar-refractivity contribution >= 4 is 0 Å². The minimum Gasteiger partial charge on any atom is -0.311 e. The smallest absolute Gasteiger partial charge is 0.0532 e. The van der Waals surface area contributed by atoms with E-state index in [0.717, 1.165) is 19.6 Å². The Hall–Kier alpha value is -0.870. The van der Waals surface area contributed by atoms with Crippen molar-refractivity contribution in [3.8, 4) is 0 Å². The van der Waals surface area contributed by atoms with Crippen LogP contribution in [0.15, 0.2) is 12.4 Å². The molecule has 0 amide bonds. The molecule has 15 heavy (non-hydrogen) atoms. The first-order chi connectivity index (χ1) is 6.97. The summed E-state index contributed by atoms with van der Waals surface area (Å²) in [5.74, 6) is 0. The average Bonchev–Trinajstić information content (AvgIpc) is 2.54. The summed E-state index contributed by atoms with van der Waals surface area (Å²) in [5.41, 5.74) is 1.43. The zero-order valence-corrected chi connectivity index (χ0v) is 10.2. The number of hydrogen-bond acceptors (Lipinski definition) is 3. The molecule has 0 unspecified atom stereocenters. The van der Waals surface area contributed by atoms with Crippen molar-refractivity contribution in [3.05, 3.63) is 18.0 Å². The van der Waals surface area contributed by atoms with Gasteiger partial charge in [0.1, 0.15) is 0 Å². The third-order valence-electron chi connectivity index (χ3n) is 2.16. The van der Waals surface area contributed by atoms with E-state index in [1.54, 1.807) is 0 Å². The number of nitrogens with zero attached hydrogens (tertiary/aromatic N) is 2. The van der Waals surface area contributed by atoms with Crippen LogP contribution in [-0.2, 0) is 6.54 Å². The van der Waals surface area contributed by atoms with E-state index in [2.05, 4.69) is 48.2 Å². The zero-order chi connectivity index (χ0) is 11.3. The highest BCUT2D eigenvalue weighted by molar-refractivity contribution is 5.01. The number of aromatic amines is 1. The van der Waals surface area contributed by atoms with Gasteiger partial charge in [-0.3, -0.25) is 5.10 Å². The highest BCUT2D eigenvalue weighted by Gasteiger charge is 2.08. The third-order valence-corrected chi connectivity index (χ3v) is 2.16. The Labute approximate surface area is 92.1 Å². The molecule has 1 heterocycles. The Bertz CT molecular complexity index is 261. The maximum Gasteiger partial charge on any atom is 0.0532 e. The number of nitrogens with one attached hydrogen (secondary N) is 2. The average molecular weight is 210 g/mol. The number of H-pyrrole nitrogens is 1. The molecule has 4 heteroatoms. The van der Waals surface area contributed by atoms with Gasteiger partial charge in [-0.2, -0.15) is 5.10 Å². The summed E-state index contributed by atoms with van der Waals surface area (Å²) in [5, 5.41) is 10.2. The molecule has 2 N–H and O–H groups in total. The molecule has 1 rings (SSSR count). The van der Waals surface area contributed by atoms with Crippen molar-refractivity contribution < 1.29 is 0 Å². The third kappa shape index (κ3) is 5.54. The largest absolute Gasteiger partial charge is 0.311 e. The summed E-state index contributed by atoms with van der Waals surface area (Å²) in [6.45, 7) is 9.55. The predicted molar refractivity (Wildman–Crippen MR) is 62.7 cm³/mol. The molecule has 1 aromatic heterocycles. The van der Waals surface area contributed by atoms with Crippen molar-refractivity contribution in [1.82, 2.24) is 20.4 Å². The van der Waals surface area contributed by atoms with Crippen LogP contribution < -0.4 is 5.32 Å². The lowest BCUT2D eigenvalue weighted by Gasteiger charge is -2.23. The van der Waals surface area contributed by atoms with E-state index in [0.29, 0.717) is 0 Å². The van der Waals surface area contributed by atoms with Crippen LogP contribution in [0, 0.1) is 0 Å². The van der Waals surface area contributed by atoms with Crippen LogP contribution in [-0.4, -0.2) is 40.8 Å². The monoisotopic (exact) mass is 210 g/mol. The molecule has 0 spiro atoms. The van der Waals surface area contributed by atoms with E-state index in [4.69, 9.17) is 0 Å². The van der Waals surface area contributed by atoms with Gasteiger partial charge in [-0.15, -0.1) is 0 Å². The first-order valence-electron chi connectivity index (χ1n) is 5.38. The van der Waals surface area contributed by atoms with Crippen LogP contribution >= 0.6 is 0 Å². The Kier molecular flexibility index (Phi) is 4.29. The summed E-state index contributed by atoms with van der Waals surface area (Å²) in [6, 6.07) is 0. The van der Waals surface area contributed by atoms with E-state index in [9.17, 15) is 0 Å². The predicted octanol–water partition coefficient (Wildman–Crippen LogP) is 1.23. The van der Waals surface area contributed by atoms with Crippen LogP contribution in [0.1, 0.15) is 26.3 Å². The van der Waals surface area contributed by atoms with Gasteiger partial charge in [0.2, 0.25) is 0 Å². The quantitative estimate of drug-likeness (QED) is 0.768. The number of likely N-dealkylation sites (N-methyl/N-ethyl adjacent to an activating group) is 1. The normalized spacial score (nSPS) is 12.3. The summed E-state index contributed by atoms with van der Waals surface area (Å²) in [6.07, 6.45) is 3.81. The second kappa shape index (κ2) is 5.28. The van der Waals surface area contributed by atoms with Crippen molar-refractivity contribution in [2.24, 2.45) is 0 Å². The van der Waals surface area contributed by atoms with Gasteiger partial charge in [0.05, 0.1) is 6.20 Å². The van der Waals surface area contributed by atoms with Gasteiger partial charge in [-0.05, 0) is 27.8 Å². The van der Waals surface area contributed by atoms with Gasteiger partial charge >= 0.3 is 0 Å². The summed E-state index contributed by atoms with van der Waals surface area (Å²) in [7, 11) is 2.12. The summed E-state index contributed by atoms with van der Waals surface area (Å²) < 4.78 is 0. The Balaban J connectivity index is 2.17. The molecular weight excluding hydrogens is 188 g/mol. The van der Waals surface area contributed by atoms with E-state index in [1.807, 2.05) is 12.4 Å². The molecule has 0 bridgehead atoms. The number of aromatic nitrogens is 2. The van der Waals surface area contributed by atoms with E-state index >= 15 is 0 Å². The molecule has 0 atom stereocenters. The Morgan fingerprint density at radius 3 is 2.73 bits per heavy atom. The van der Waals surface area contributed by atoms with Gasteiger partial charge in [-0.1, -0.05) is 0 Å². The molecule has 0 aliphatic rings. The number of rotatable bonds is 5. The topological polar surface area (TPSA) is 44.0 Å². The lowest BCUT2D eigenvalue weighted by atomic mass is 10.1.